The third kappa shape index (κ3) is 5.31. The van der Waals surface area contributed by atoms with E-state index in [1.165, 1.54) is 0 Å². The van der Waals surface area contributed by atoms with E-state index in [2.05, 4.69) is 16.6 Å². The van der Waals surface area contributed by atoms with Crippen LogP contribution in [0.4, 0.5) is 0 Å². The van der Waals surface area contributed by atoms with Gasteiger partial charge in [-0.15, -0.1) is 0 Å². The van der Waals surface area contributed by atoms with Gasteiger partial charge in [0.15, 0.2) is 0 Å². The number of aliphatic carboxylic acids is 1. The molecular weight excluding hydrogens is 186 g/mol. The van der Waals surface area contributed by atoms with E-state index in [1.54, 1.807) is 7.05 Å². The molecule has 0 spiro atoms. The molecule has 0 amide bonds. The highest BCUT2D eigenvalue weighted by atomic mass is 16.5. The van der Waals surface area contributed by atoms with Crippen LogP contribution in [0.25, 0.3) is 0 Å². The normalized spacial score (nSPS) is 11.8. The Hall–Kier alpha value is -1.36. The number of carbonyl (C=O) groups is 2. The van der Waals surface area contributed by atoms with Gasteiger partial charge in [-0.05, 0) is 19.9 Å². The van der Waals surface area contributed by atoms with Gasteiger partial charge in [0.2, 0.25) is 0 Å². The smallest absolute Gasteiger partial charge is 0.320 e. The van der Waals surface area contributed by atoms with Gasteiger partial charge in [-0.3, -0.25) is 9.59 Å². The van der Waals surface area contributed by atoms with Crippen LogP contribution in [0.1, 0.15) is 19.3 Å². The number of carbonyl (C=O) groups excluding carboxylic acids is 1. The minimum absolute atomic E-state index is 0.206. The Bertz CT molecular complexity index is 215. The predicted molar refractivity (Wildman–Crippen MR) is 50.6 cm³/mol. The van der Waals surface area contributed by atoms with E-state index >= 15 is 0 Å². The summed E-state index contributed by atoms with van der Waals surface area (Å²) in [6, 6.07) is -0.605. The summed E-state index contributed by atoms with van der Waals surface area (Å²) in [5.74, 6) is -1.30. The van der Waals surface area contributed by atoms with Crippen molar-refractivity contribution in [2.45, 2.75) is 25.3 Å². The first-order valence-corrected chi connectivity index (χ1v) is 4.32. The minimum atomic E-state index is -0.912. The quantitative estimate of drug-likeness (QED) is 0.464. The first-order chi connectivity index (χ1) is 6.61. The molecule has 0 aromatic heterocycles. The van der Waals surface area contributed by atoms with Gasteiger partial charge in [-0.1, -0.05) is 6.58 Å². The van der Waals surface area contributed by atoms with Gasteiger partial charge in [0.1, 0.15) is 6.04 Å². The van der Waals surface area contributed by atoms with Crippen molar-refractivity contribution in [3.63, 3.8) is 0 Å². The second-order valence-electron chi connectivity index (χ2n) is 2.73. The van der Waals surface area contributed by atoms with E-state index in [9.17, 15) is 9.59 Å². The van der Waals surface area contributed by atoms with Crippen LogP contribution in [0.15, 0.2) is 12.8 Å². The fourth-order valence-electron chi connectivity index (χ4n) is 0.994. The molecular formula is C9H15NO4. The monoisotopic (exact) mass is 201 g/mol. The number of rotatable bonds is 7. The SMILES string of the molecule is C=COC(=O)CCC[C@H](NC)C(=O)O. The number of likely N-dealkylation sites (N-methyl/N-ethyl adjacent to an activating group) is 1. The molecule has 0 aliphatic carbocycles. The lowest BCUT2D eigenvalue weighted by atomic mass is 10.1. The Kier molecular flexibility index (Phi) is 6.39. The topological polar surface area (TPSA) is 75.6 Å². The molecule has 0 aromatic carbocycles. The zero-order valence-corrected chi connectivity index (χ0v) is 8.16. The molecule has 0 bridgehead atoms. The first-order valence-electron chi connectivity index (χ1n) is 4.32. The van der Waals surface area contributed by atoms with E-state index in [-0.39, 0.29) is 12.4 Å². The van der Waals surface area contributed by atoms with Crippen LogP contribution in [0, 0.1) is 0 Å². The zero-order chi connectivity index (χ0) is 11.0. The molecule has 0 fully saturated rings. The second-order valence-corrected chi connectivity index (χ2v) is 2.73. The maximum atomic E-state index is 10.8. The van der Waals surface area contributed by atoms with E-state index in [0.29, 0.717) is 12.8 Å². The standard InChI is InChI=1S/C9H15NO4/c1-3-14-8(11)6-4-5-7(10-2)9(12)13/h3,7,10H,1,4-6H2,2H3,(H,12,13)/t7-/m0/s1. The van der Waals surface area contributed by atoms with Crippen molar-refractivity contribution in [2.75, 3.05) is 7.05 Å². The highest BCUT2D eigenvalue weighted by molar-refractivity contribution is 5.73. The van der Waals surface area contributed by atoms with Crippen molar-refractivity contribution in [1.29, 1.82) is 0 Å². The Labute approximate surface area is 82.7 Å². The van der Waals surface area contributed by atoms with Gasteiger partial charge in [0.05, 0.1) is 6.26 Å². The Balaban J connectivity index is 3.66. The molecule has 0 unspecified atom stereocenters. The van der Waals surface area contributed by atoms with Crippen molar-refractivity contribution in [1.82, 2.24) is 5.32 Å². The van der Waals surface area contributed by atoms with Crippen molar-refractivity contribution in [2.24, 2.45) is 0 Å². The Morgan fingerprint density at radius 1 is 1.64 bits per heavy atom. The van der Waals surface area contributed by atoms with E-state index < -0.39 is 12.0 Å². The summed E-state index contributed by atoms with van der Waals surface area (Å²) >= 11 is 0. The lowest BCUT2D eigenvalue weighted by molar-refractivity contribution is -0.141. The van der Waals surface area contributed by atoms with Gasteiger partial charge in [-0.25, -0.2) is 0 Å². The highest BCUT2D eigenvalue weighted by Crippen LogP contribution is 2.02. The molecule has 0 rings (SSSR count). The number of carboxylic acids is 1. The summed E-state index contributed by atoms with van der Waals surface area (Å²) < 4.78 is 4.47. The third-order valence-corrected chi connectivity index (χ3v) is 1.74. The minimum Gasteiger partial charge on any atom is -0.480 e. The van der Waals surface area contributed by atoms with Crippen molar-refractivity contribution in [3.05, 3.63) is 12.8 Å². The summed E-state index contributed by atoms with van der Waals surface area (Å²) in [6.45, 7) is 3.24. The average molecular weight is 201 g/mol. The molecule has 0 aromatic rings. The summed E-state index contributed by atoms with van der Waals surface area (Å²) in [4.78, 5) is 21.4. The largest absolute Gasteiger partial charge is 0.480 e. The number of hydrogen-bond acceptors (Lipinski definition) is 4. The van der Waals surface area contributed by atoms with Crippen LogP contribution >= 0.6 is 0 Å². The van der Waals surface area contributed by atoms with Crippen molar-refractivity contribution < 1.29 is 19.4 Å². The number of nitrogens with one attached hydrogen (secondary N) is 1. The van der Waals surface area contributed by atoms with Crippen molar-refractivity contribution in [3.8, 4) is 0 Å². The maximum absolute atomic E-state index is 10.8. The van der Waals surface area contributed by atoms with Gasteiger partial charge >= 0.3 is 11.9 Å². The van der Waals surface area contributed by atoms with Crippen LogP contribution in [0.2, 0.25) is 0 Å². The lowest BCUT2D eigenvalue weighted by Gasteiger charge is -2.09. The van der Waals surface area contributed by atoms with Crippen LogP contribution in [-0.4, -0.2) is 30.1 Å². The lowest BCUT2D eigenvalue weighted by Crippen LogP contribution is -2.33. The van der Waals surface area contributed by atoms with Gasteiger partial charge in [0.25, 0.3) is 0 Å². The van der Waals surface area contributed by atoms with Gasteiger partial charge in [0, 0.05) is 6.42 Å². The molecule has 0 saturated heterocycles. The molecule has 80 valence electrons. The second kappa shape index (κ2) is 7.08. The molecule has 0 aliphatic heterocycles. The molecule has 5 heteroatoms. The molecule has 1 atom stereocenters. The Morgan fingerprint density at radius 2 is 2.29 bits per heavy atom. The summed E-state index contributed by atoms with van der Waals surface area (Å²) in [7, 11) is 1.57. The third-order valence-electron chi connectivity index (χ3n) is 1.74. The maximum Gasteiger partial charge on any atom is 0.320 e. The first kappa shape index (κ1) is 12.6. The van der Waals surface area contributed by atoms with E-state index in [1.807, 2.05) is 0 Å². The summed E-state index contributed by atoms with van der Waals surface area (Å²) in [6.07, 6.45) is 2.15. The van der Waals surface area contributed by atoms with E-state index in [0.717, 1.165) is 6.26 Å². The number of esters is 1. The summed E-state index contributed by atoms with van der Waals surface area (Å²) in [5, 5.41) is 11.3. The van der Waals surface area contributed by atoms with Crippen LogP contribution in [-0.2, 0) is 14.3 Å². The van der Waals surface area contributed by atoms with Crippen LogP contribution in [0.5, 0.6) is 0 Å². The molecule has 5 nitrogen and oxygen atoms in total. The molecule has 0 aliphatic rings. The number of hydrogen-bond donors (Lipinski definition) is 2. The van der Waals surface area contributed by atoms with Gasteiger partial charge < -0.3 is 15.2 Å². The molecule has 14 heavy (non-hydrogen) atoms. The predicted octanol–water partition coefficient (Wildman–Crippen LogP) is 0.516. The molecule has 0 heterocycles. The van der Waals surface area contributed by atoms with Crippen molar-refractivity contribution >= 4 is 11.9 Å². The van der Waals surface area contributed by atoms with Crippen LogP contribution in [0.3, 0.4) is 0 Å². The summed E-state index contributed by atoms with van der Waals surface area (Å²) in [5.41, 5.74) is 0. The Morgan fingerprint density at radius 3 is 2.71 bits per heavy atom. The molecule has 0 radical (unpaired) electrons. The zero-order valence-electron chi connectivity index (χ0n) is 8.16. The number of carboxylic acid groups (broad SMARTS) is 1. The van der Waals surface area contributed by atoms with E-state index in [4.69, 9.17) is 5.11 Å². The molecule has 0 saturated carbocycles. The van der Waals surface area contributed by atoms with Crippen LogP contribution < -0.4 is 5.32 Å². The number of ether oxygens (including phenoxy) is 1. The van der Waals surface area contributed by atoms with Gasteiger partial charge in [-0.2, -0.15) is 0 Å². The highest BCUT2D eigenvalue weighted by Gasteiger charge is 2.14. The fourth-order valence-corrected chi connectivity index (χ4v) is 0.994. The fraction of sp³-hybridized carbons (Fsp3) is 0.556. The average Bonchev–Trinajstić information content (AvgIpc) is 2.12. The molecule has 2 N–H and O–H groups in total.